The summed E-state index contributed by atoms with van der Waals surface area (Å²) in [6, 6.07) is 12.9. The number of amides is 3. The molecule has 3 aromatic rings. The molecule has 1 saturated heterocycles. The number of likely N-dealkylation sites (tertiary alicyclic amines) is 1. The van der Waals surface area contributed by atoms with Crippen LogP contribution < -0.4 is 5.32 Å². The highest BCUT2D eigenvalue weighted by Gasteiger charge is 2.43. The Hall–Kier alpha value is -3.72. The zero-order valence-corrected chi connectivity index (χ0v) is 22.0. The Morgan fingerprint density at radius 2 is 1.89 bits per heavy atom. The van der Waals surface area contributed by atoms with Gasteiger partial charge < -0.3 is 25.2 Å². The minimum absolute atomic E-state index is 0.126. The number of benzene rings is 2. The van der Waals surface area contributed by atoms with Crippen LogP contribution in [0.3, 0.4) is 0 Å². The second kappa shape index (κ2) is 10.3. The average Bonchev–Trinajstić information content (AvgIpc) is 3.47. The highest BCUT2D eigenvalue weighted by molar-refractivity contribution is 5.92. The van der Waals surface area contributed by atoms with Crippen molar-refractivity contribution in [3.63, 3.8) is 0 Å². The van der Waals surface area contributed by atoms with E-state index >= 15 is 0 Å². The molecule has 0 saturated carbocycles. The number of hydrogen-bond donors (Lipinski definition) is 3. The second-order valence-electron chi connectivity index (χ2n) is 10.9. The van der Waals surface area contributed by atoms with Gasteiger partial charge in [-0.1, -0.05) is 57.2 Å². The molecule has 4 rings (SSSR count). The van der Waals surface area contributed by atoms with Gasteiger partial charge in [-0.2, -0.15) is 0 Å². The molecule has 0 radical (unpaired) electrons. The van der Waals surface area contributed by atoms with E-state index in [1.165, 1.54) is 13.1 Å². The van der Waals surface area contributed by atoms with E-state index in [2.05, 4.69) is 21.4 Å². The maximum atomic E-state index is 13.5. The van der Waals surface area contributed by atoms with Gasteiger partial charge in [0.2, 0.25) is 11.8 Å². The number of β-amino-alcohol motifs (C(OH)–C–C–N with tert-alkyl or cyclic N) is 1. The number of imidazole rings is 1. The van der Waals surface area contributed by atoms with E-state index < -0.39 is 23.6 Å². The summed E-state index contributed by atoms with van der Waals surface area (Å²) in [6.45, 7) is 7.55. The third-order valence-electron chi connectivity index (χ3n) is 6.74. The molecule has 2 aromatic carbocycles. The van der Waals surface area contributed by atoms with Crippen molar-refractivity contribution in [1.29, 1.82) is 0 Å². The Morgan fingerprint density at radius 3 is 2.57 bits per heavy atom. The highest BCUT2D eigenvalue weighted by Crippen LogP contribution is 2.33. The first-order valence-corrected chi connectivity index (χ1v) is 12.5. The van der Waals surface area contributed by atoms with Crippen LogP contribution in [0.15, 0.2) is 48.7 Å². The van der Waals surface area contributed by atoms with Crippen LogP contribution in [-0.4, -0.2) is 68.3 Å². The minimum atomic E-state index is -0.762. The van der Waals surface area contributed by atoms with Crippen LogP contribution in [0.2, 0.25) is 0 Å². The minimum Gasteiger partial charge on any atom is -0.391 e. The Morgan fingerprint density at radius 1 is 1.19 bits per heavy atom. The standard InChI is InChI=1S/C28H35N5O4/c1-17(34)30-24(28(2,3)4)27(37)33-16-21(35)13-23(33)25-29-14-22(31-25)26(36)32(5)15-18-10-11-19-8-6-7-9-20(19)12-18/h6-12,14,21,23-24,35H,13,15-16H2,1-5H3,(H,29,31)(H,30,34)/t21-,23+,24-/m1/s1. The van der Waals surface area contributed by atoms with Crippen molar-refractivity contribution in [2.24, 2.45) is 5.41 Å². The lowest BCUT2D eigenvalue weighted by Crippen LogP contribution is -2.54. The molecule has 0 aliphatic carbocycles. The molecule has 9 nitrogen and oxygen atoms in total. The van der Waals surface area contributed by atoms with Gasteiger partial charge >= 0.3 is 0 Å². The van der Waals surface area contributed by atoms with Gasteiger partial charge in [0.05, 0.1) is 12.1 Å². The molecule has 1 aliphatic rings. The number of rotatable bonds is 6. The number of aliphatic hydroxyl groups excluding tert-OH is 1. The molecule has 0 spiro atoms. The van der Waals surface area contributed by atoms with Crippen molar-refractivity contribution in [3.05, 3.63) is 65.7 Å². The lowest BCUT2D eigenvalue weighted by molar-refractivity contribution is -0.140. The smallest absolute Gasteiger partial charge is 0.274 e. The van der Waals surface area contributed by atoms with Gasteiger partial charge in [0.1, 0.15) is 17.6 Å². The van der Waals surface area contributed by atoms with Crippen molar-refractivity contribution in [1.82, 2.24) is 25.1 Å². The Bertz CT molecular complexity index is 1310. The topological polar surface area (TPSA) is 119 Å². The molecule has 3 N–H and O–H groups in total. The van der Waals surface area contributed by atoms with Gasteiger partial charge in [-0.3, -0.25) is 14.4 Å². The summed E-state index contributed by atoms with van der Waals surface area (Å²) in [6.07, 6.45) is 1.10. The van der Waals surface area contributed by atoms with Crippen molar-refractivity contribution >= 4 is 28.5 Å². The fraction of sp³-hybridized carbons (Fsp3) is 0.429. The average molecular weight is 506 g/mol. The van der Waals surface area contributed by atoms with Crippen LogP contribution in [0.1, 0.15) is 62.0 Å². The van der Waals surface area contributed by atoms with Crippen LogP contribution in [0.5, 0.6) is 0 Å². The Kier molecular flexibility index (Phi) is 7.36. The molecule has 0 unspecified atom stereocenters. The van der Waals surface area contributed by atoms with Crippen molar-refractivity contribution < 1.29 is 19.5 Å². The molecule has 1 aliphatic heterocycles. The summed E-state index contributed by atoms with van der Waals surface area (Å²) in [7, 11) is 1.72. The number of carbonyl (C=O) groups is 3. The SMILES string of the molecule is CC(=O)N[C@H](C(=O)N1C[C@H](O)C[C@H]1c1nc(C(=O)N(C)Cc2ccc3ccccc3c2)c[nH]1)C(C)(C)C. The summed E-state index contributed by atoms with van der Waals surface area (Å²) in [4.78, 5) is 49.1. The van der Waals surface area contributed by atoms with Gasteiger partial charge in [0, 0.05) is 39.7 Å². The highest BCUT2D eigenvalue weighted by atomic mass is 16.3. The Balaban J connectivity index is 1.50. The van der Waals surface area contributed by atoms with Gasteiger partial charge in [-0.05, 0) is 27.8 Å². The quantitative estimate of drug-likeness (QED) is 0.476. The van der Waals surface area contributed by atoms with E-state index in [0.29, 0.717) is 12.4 Å². The number of aromatic amines is 1. The number of carbonyl (C=O) groups excluding carboxylic acids is 3. The summed E-state index contributed by atoms with van der Waals surface area (Å²) in [5.41, 5.74) is 0.713. The largest absolute Gasteiger partial charge is 0.391 e. The first-order chi connectivity index (χ1) is 17.4. The van der Waals surface area contributed by atoms with E-state index in [1.54, 1.807) is 16.8 Å². The van der Waals surface area contributed by atoms with Gasteiger partial charge in [-0.15, -0.1) is 0 Å². The fourth-order valence-electron chi connectivity index (χ4n) is 4.83. The van der Waals surface area contributed by atoms with Gasteiger partial charge in [0.25, 0.3) is 5.91 Å². The molecule has 3 amide bonds. The third kappa shape index (κ3) is 5.83. The summed E-state index contributed by atoms with van der Waals surface area (Å²) in [5, 5.41) is 15.4. The number of aromatic nitrogens is 2. The molecule has 1 fully saturated rings. The molecule has 9 heteroatoms. The number of H-pyrrole nitrogens is 1. The zero-order valence-electron chi connectivity index (χ0n) is 22.0. The maximum Gasteiger partial charge on any atom is 0.274 e. The van der Waals surface area contributed by atoms with E-state index in [-0.39, 0.29) is 36.4 Å². The molecule has 1 aromatic heterocycles. The lowest BCUT2D eigenvalue weighted by Gasteiger charge is -2.35. The summed E-state index contributed by atoms with van der Waals surface area (Å²) >= 11 is 0. The predicted octanol–water partition coefficient (Wildman–Crippen LogP) is 3.02. The van der Waals surface area contributed by atoms with E-state index in [9.17, 15) is 19.5 Å². The van der Waals surface area contributed by atoms with E-state index in [4.69, 9.17) is 0 Å². The molecular weight excluding hydrogens is 470 g/mol. The van der Waals surface area contributed by atoms with Crippen LogP contribution in [0, 0.1) is 5.41 Å². The third-order valence-corrected chi connectivity index (χ3v) is 6.74. The fourth-order valence-corrected chi connectivity index (χ4v) is 4.83. The monoisotopic (exact) mass is 505 g/mol. The number of hydrogen-bond acceptors (Lipinski definition) is 5. The number of aliphatic hydroxyl groups is 1. The van der Waals surface area contributed by atoms with Crippen LogP contribution in [0.4, 0.5) is 0 Å². The van der Waals surface area contributed by atoms with Crippen molar-refractivity contribution in [2.75, 3.05) is 13.6 Å². The summed E-state index contributed by atoms with van der Waals surface area (Å²) < 4.78 is 0. The molecular formula is C28H35N5O4. The molecule has 3 atom stereocenters. The molecule has 2 heterocycles. The lowest BCUT2D eigenvalue weighted by atomic mass is 9.85. The molecule has 37 heavy (non-hydrogen) atoms. The molecule has 0 bridgehead atoms. The van der Waals surface area contributed by atoms with Crippen LogP contribution in [0.25, 0.3) is 10.8 Å². The number of fused-ring (bicyclic) bond motifs is 1. The first kappa shape index (κ1) is 26.3. The Labute approximate surface area is 216 Å². The summed E-state index contributed by atoms with van der Waals surface area (Å²) in [5.74, 6) is -0.410. The second-order valence-corrected chi connectivity index (χ2v) is 10.9. The van der Waals surface area contributed by atoms with Crippen LogP contribution in [-0.2, 0) is 16.1 Å². The van der Waals surface area contributed by atoms with Crippen LogP contribution >= 0.6 is 0 Å². The zero-order chi connectivity index (χ0) is 26.9. The van der Waals surface area contributed by atoms with E-state index in [1.807, 2.05) is 57.2 Å². The van der Waals surface area contributed by atoms with E-state index in [0.717, 1.165) is 16.3 Å². The maximum absolute atomic E-state index is 13.5. The van der Waals surface area contributed by atoms with Gasteiger partial charge in [-0.25, -0.2) is 4.98 Å². The van der Waals surface area contributed by atoms with Crippen molar-refractivity contribution in [2.45, 2.75) is 58.8 Å². The number of nitrogens with zero attached hydrogens (tertiary/aromatic N) is 3. The first-order valence-electron chi connectivity index (χ1n) is 12.5. The van der Waals surface area contributed by atoms with Gasteiger partial charge in [0.15, 0.2) is 0 Å². The normalized spacial score (nSPS) is 18.6. The predicted molar refractivity (Wildman–Crippen MR) is 140 cm³/mol. The number of nitrogens with one attached hydrogen (secondary N) is 2. The molecule has 196 valence electrons. The van der Waals surface area contributed by atoms with Crippen molar-refractivity contribution in [3.8, 4) is 0 Å².